The van der Waals surface area contributed by atoms with E-state index < -0.39 is 0 Å². The number of hydrogen-bond acceptors (Lipinski definition) is 5. The molecule has 2 aromatic heterocycles. The summed E-state index contributed by atoms with van der Waals surface area (Å²) in [6.45, 7) is 3.29. The number of nitrogens with zero attached hydrogens (tertiary/aromatic N) is 3. The number of H-pyrrole nitrogens is 1. The summed E-state index contributed by atoms with van der Waals surface area (Å²) in [4.78, 5) is 24.4. The summed E-state index contributed by atoms with van der Waals surface area (Å²) < 4.78 is 1.65. The number of imidazole rings is 1. The maximum absolute atomic E-state index is 12.6. The smallest absolute Gasteiger partial charge is 0.328 e. The van der Waals surface area contributed by atoms with Gasteiger partial charge >= 0.3 is 5.69 Å². The van der Waals surface area contributed by atoms with E-state index in [0.29, 0.717) is 34.6 Å². The van der Waals surface area contributed by atoms with Crippen LogP contribution in [0.3, 0.4) is 0 Å². The minimum Gasteiger partial charge on any atom is -0.354 e. The molecule has 1 aliphatic heterocycles. The fourth-order valence-electron chi connectivity index (χ4n) is 4.00. The van der Waals surface area contributed by atoms with Gasteiger partial charge in [-0.15, -0.1) is 0 Å². The molecule has 2 aromatic carbocycles. The Kier molecular flexibility index (Phi) is 5.44. The van der Waals surface area contributed by atoms with Crippen LogP contribution in [0.1, 0.15) is 12.0 Å². The summed E-state index contributed by atoms with van der Waals surface area (Å²) in [5, 5.41) is 7.36. The quantitative estimate of drug-likeness (QED) is 0.432. The third-order valence-corrected chi connectivity index (χ3v) is 5.88. The molecule has 0 saturated carbocycles. The Bertz CT molecular complexity index is 1270. The van der Waals surface area contributed by atoms with Gasteiger partial charge in [0.15, 0.2) is 5.65 Å². The second kappa shape index (κ2) is 8.53. The number of aromatic nitrogens is 4. The Balaban J connectivity index is 1.42. The normalized spacial score (nSPS) is 16.1. The molecule has 1 fully saturated rings. The number of aromatic amines is 1. The lowest BCUT2D eigenvalue weighted by atomic mass is 10.0. The highest BCUT2D eigenvalue weighted by molar-refractivity contribution is 6.30. The molecule has 0 amide bonds. The predicted octanol–water partition coefficient (Wildman–Crippen LogP) is 3.51. The molecule has 1 atom stereocenters. The third kappa shape index (κ3) is 4.33. The SMILES string of the molecule is O=c1[nH]c2cnc(NC[C@@H]3CCNC3)nc2n1Cc1cccc(-c2cccc(Cl)c2)c1. The second-order valence-electron chi connectivity index (χ2n) is 7.90. The van der Waals surface area contributed by atoms with Gasteiger partial charge in [-0.2, -0.15) is 4.98 Å². The van der Waals surface area contributed by atoms with E-state index in [2.05, 4.69) is 31.7 Å². The van der Waals surface area contributed by atoms with Gasteiger partial charge in [0.1, 0.15) is 5.52 Å². The molecule has 1 saturated heterocycles. The molecule has 0 unspecified atom stereocenters. The van der Waals surface area contributed by atoms with Crippen molar-refractivity contribution >= 4 is 28.7 Å². The number of fused-ring (bicyclic) bond motifs is 1. The number of anilines is 1. The molecular weight excluding hydrogens is 412 g/mol. The highest BCUT2D eigenvalue weighted by Crippen LogP contribution is 2.24. The van der Waals surface area contributed by atoms with Gasteiger partial charge in [-0.3, -0.25) is 4.57 Å². The van der Waals surface area contributed by atoms with Gasteiger partial charge in [0.2, 0.25) is 5.95 Å². The molecule has 0 bridgehead atoms. The van der Waals surface area contributed by atoms with Crippen molar-refractivity contribution in [3.05, 3.63) is 75.8 Å². The van der Waals surface area contributed by atoms with E-state index in [-0.39, 0.29) is 5.69 Å². The first kappa shape index (κ1) is 19.8. The average Bonchev–Trinajstić information content (AvgIpc) is 3.41. The van der Waals surface area contributed by atoms with Crippen LogP contribution in [0.2, 0.25) is 5.02 Å². The van der Waals surface area contributed by atoms with Crippen molar-refractivity contribution in [2.24, 2.45) is 5.92 Å². The summed E-state index contributed by atoms with van der Waals surface area (Å²) in [6, 6.07) is 15.9. The van der Waals surface area contributed by atoms with Gasteiger partial charge < -0.3 is 15.6 Å². The summed E-state index contributed by atoms with van der Waals surface area (Å²) in [5.41, 5.74) is 4.12. The van der Waals surface area contributed by atoms with Gasteiger partial charge in [-0.05, 0) is 60.3 Å². The fourth-order valence-corrected chi connectivity index (χ4v) is 4.19. The van der Waals surface area contributed by atoms with Gasteiger partial charge in [0, 0.05) is 11.6 Å². The van der Waals surface area contributed by atoms with E-state index in [9.17, 15) is 4.79 Å². The second-order valence-corrected chi connectivity index (χ2v) is 8.33. The topological polar surface area (TPSA) is 87.6 Å². The Hall–Kier alpha value is -3.16. The van der Waals surface area contributed by atoms with Crippen LogP contribution in [0.15, 0.2) is 59.5 Å². The molecule has 3 heterocycles. The molecule has 0 aliphatic carbocycles. The van der Waals surface area contributed by atoms with Crippen LogP contribution < -0.4 is 16.3 Å². The lowest BCUT2D eigenvalue weighted by molar-refractivity contribution is 0.613. The van der Waals surface area contributed by atoms with E-state index >= 15 is 0 Å². The zero-order chi connectivity index (χ0) is 21.2. The van der Waals surface area contributed by atoms with E-state index in [1.165, 1.54) is 0 Å². The average molecular weight is 435 g/mol. The van der Waals surface area contributed by atoms with Crippen molar-refractivity contribution in [3.63, 3.8) is 0 Å². The molecule has 1 aliphatic rings. The number of nitrogens with one attached hydrogen (secondary N) is 3. The van der Waals surface area contributed by atoms with Gasteiger partial charge in [-0.1, -0.05) is 41.9 Å². The Morgan fingerprint density at radius 2 is 2.00 bits per heavy atom. The highest BCUT2D eigenvalue weighted by atomic mass is 35.5. The van der Waals surface area contributed by atoms with Gasteiger partial charge in [-0.25, -0.2) is 9.78 Å². The molecule has 7 nitrogen and oxygen atoms in total. The van der Waals surface area contributed by atoms with Crippen molar-refractivity contribution in [3.8, 4) is 11.1 Å². The monoisotopic (exact) mass is 434 g/mol. The van der Waals surface area contributed by atoms with Crippen LogP contribution in [0.25, 0.3) is 22.3 Å². The molecule has 0 spiro atoms. The van der Waals surface area contributed by atoms with Crippen LogP contribution in [0.5, 0.6) is 0 Å². The zero-order valence-corrected chi connectivity index (χ0v) is 17.7. The number of rotatable bonds is 6. The van der Waals surface area contributed by atoms with Crippen molar-refractivity contribution < 1.29 is 0 Å². The number of benzene rings is 2. The zero-order valence-electron chi connectivity index (χ0n) is 16.9. The Morgan fingerprint density at radius 1 is 1.16 bits per heavy atom. The van der Waals surface area contributed by atoms with E-state index in [1.807, 2.05) is 42.5 Å². The molecule has 31 heavy (non-hydrogen) atoms. The molecular formula is C23H23ClN6O. The highest BCUT2D eigenvalue weighted by Gasteiger charge is 2.15. The lowest BCUT2D eigenvalue weighted by Crippen LogP contribution is -2.19. The van der Waals surface area contributed by atoms with Crippen LogP contribution in [0, 0.1) is 5.92 Å². The Labute approximate surface area is 184 Å². The molecule has 158 valence electrons. The largest absolute Gasteiger partial charge is 0.354 e. The van der Waals surface area contributed by atoms with Crippen molar-refractivity contribution in [2.45, 2.75) is 13.0 Å². The first-order valence-corrected chi connectivity index (χ1v) is 10.8. The Morgan fingerprint density at radius 3 is 2.81 bits per heavy atom. The molecule has 5 rings (SSSR count). The van der Waals surface area contributed by atoms with Crippen LogP contribution >= 0.6 is 11.6 Å². The molecule has 0 radical (unpaired) electrons. The maximum atomic E-state index is 12.6. The number of halogens is 1. The summed E-state index contributed by atoms with van der Waals surface area (Å²) in [7, 11) is 0. The van der Waals surface area contributed by atoms with Crippen LogP contribution in [-0.4, -0.2) is 39.2 Å². The van der Waals surface area contributed by atoms with E-state index in [4.69, 9.17) is 11.6 Å². The van der Waals surface area contributed by atoms with Crippen LogP contribution in [0.4, 0.5) is 5.95 Å². The maximum Gasteiger partial charge on any atom is 0.328 e. The molecule has 4 aromatic rings. The van der Waals surface area contributed by atoms with Gasteiger partial charge in [0.05, 0.1) is 12.7 Å². The van der Waals surface area contributed by atoms with Crippen molar-refractivity contribution in [1.82, 2.24) is 24.8 Å². The lowest BCUT2D eigenvalue weighted by Gasteiger charge is -2.10. The first-order chi connectivity index (χ1) is 15.2. The fraction of sp³-hybridized carbons (Fsp3) is 0.261. The number of hydrogen-bond donors (Lipinski definition) is 3. The van der Waals surface area contributed by atoms with E-state index in [1.54, 1.807) is 10.8 Å². The summed E-state index contributed by atoms with van der Waals surface area (Å²) in [6.07, 6.45) is 2.81. The molecule has 8 heteroatoms. The standard InChI is InChI=1S/C23H23ClN6O/c24-19-6-2-5-18(10-19)17-4-1-3-15(9-17)14-30-21-20(28-23(30)31)13-27-22(29-21)26-12-16-7-8-25-11-16/h1-6,9-10,13,16,25H,7-8,11-12,14H2,(H,28,31)(H,26,27,29)/t16-/m1/s1. The minimum atomic E-state index is -0.199. The minimum absolute atomic E-state index is 0.199. The summed E-state index contributed by atoms with van der Waals surface area (Å²) >= 11 is 6.14. The van der Waals surface area contributed by atoms with Gasteiger partial charge in [0.25, 0.3) is 0 Å². The molecule has 3 N–H and O–H groups in total. The van der Waals surface area contributed by atoms with E-state index in [0.717, 1.165) is 42.7 Å². The van der Waals surface area contributed by atoms with Crippen molar-refractivity contribution in [1.29, 1.82) is 0 Å². The predicted molar refractivity (Wildman–Crippen MR) is 124 cm³/mol. The first-order valence-electron chi connectivity index (χ1n) is 10.4. The van der Waals surface area contributed by atoms with Crippen molar-refractivity contribution in [2.75, 3.05) is 25.0 Å². The summed E-state index contributed by atoms with van der Waals surface area (Å²) in [5.74, 6) is 1.11. The third-order valence-electron chi connectivity index (χ3n) is 5.65. The van der Waals surface area contributed by atoms with Crippen LogP contribution in [-0.2, 0) is 6.54 Å².